The maximum absolute atomic E-state index is 12.5. The summed E-state index contributed by atoms with van der Waals surface area (Å²) in [5.74, 6) is -1.72. The quantitative estimate of drug-likeness (QED) is 0.440. The molecule has 0 N–H and O–H groups in total. The van der Waals surface area contributed by atoms with Crippen molar-refractivity contribution in [1.29, 1.82) is 0 Å². The lowest BCUT2D eigenvalue weighted by atomic mass is 10.1. The molecule has 2 atom stereocenters. The van der Waals surface area contributed by atoms with Crippen LogP contribution < -0.4 is 0 Å². The zero-order valence-corrected chi connectivity index (χ0v) is 15.2. The largest absolute Gasteiger partial charge is 0.467 e. The zero-order valence-electron chi connectivity index (χ0n) is 15.2. The number of hydrogen-bond donors (Lipinski definition) is 0. The maximum atomic E-state index is 12.5. The third-order valence-corrected chi connectivity index (χ3v) is 3.24. The molecule has 8 heteroatoms. The third kappa shape index (κ3) is 4.24. The van der Waals surface area contributed by atoms with Crippen molar-refractivity contribution in [2.45, 2.75) is 64.7 Å². The minimum Gasteiger partial charge on any atom is -0.467 e. The second-order valence-electron chi connectivity index (χ2n) is 7.66. The summed E-state index contributed by atoms with van der Waals surface area (Å²) in [5, 5.41) is 0. The van der Waals surface area contributed by atoms with Gasteiger partial charge in [-0.15, -0.1) is 0 Å². The van der Waals surface area contributed by atoms with Crippen molar-refractivity contribution in [1.82, 2.24) is 4.90 Å². The van der Waals surface area contributed by atoms with Gasteiger partial charge in [-0.2, -0.15) is 4.90 Å². The predicted octanol–water partition coefficient (Wildman–Crippen LogP) is 2.29. The molecule has 2 amide bonds. The molecule has 0 radical (unpaired) electrons. The van der Waals surface area contributed by atoms with Gasteiger partial charge in [0.2, 0.25) is 0 Å². The molecule has 0 spiro atoms. The van der Waals surface area contributed by atoms with Crippen LogP contribution in [0.15, 0.2) is 0 Å². The van der Waals surface area contributed by atoms with Crippen LogP contribution in [0, 0.1) is 5.92 Å². The van der Waals surface area contributed by atoms with Crippen molar-refractivity contribution in [3.8, 4) is 0 Å². The molecule has 24 heavy (non-hydrogen) atoms. The summed E-state index contributed by atoms with van der Waals surface area (Å²) < 4.78 is 15.1. The van der Waals surface area contributed by atoms with Crippen LogP contribution in [0.25, 0.3) is 0 Å². The van der Waals surface area contributed by atoms with Crippen molar-refractivity contribution in [2.75, 3.05) is 7.11 Å². The molecule has 0 aliphatic heterocycles. The number of carbonyl (C=O) groups excluding carboxylic acids is 4. The first-order valence-electron chi connectivity index (χ1n) is 7.58. The Labute approximate surface area is 141 Å². The number of imide groups is 1. The van der Waals surface area contributed by atoms with Gasteiger partial charge in [0.15, 0.2) is 5.54 Å². The highest BCUT2D eigenvalue weighted by molar-refractivity contribution is 6.01. The van der Waals surface area contributed by atoms with E-state index in [0.29, 0.717) is 11.2 Å². The van der Waals surface area contributed by atoms with Crippen LogP contribution in [0.3, 0.4) is 0 Å². The van der Waals surface area contributed by atoms with Crippen LogP contribution in [-0.4, -0.2) is 53.2 Å². The molecule has 0 aromatic heterocycles. The summed E-state index contributed by atoms with van der Waals surface area (Å²) in [5.41, 5.74) is -3.53. The SMILES string of the molecule is COC(=O)[C@@]1(N(C(=O)OC(C)(C)C)C(=O)OC(C)(C)C)C[C@H]1C=O. The normalized spacial score (nSPS) is 23.0. The highest BCUT2D eigenvalue weighted by Gasteiger charge is 2.70. The Morgan fingerprint density at radius 2 is 1.42 bits per heavy atom. The van der Waals surface area contributed by atoms with Crippen LogP contribution >= 0.6 is 0 Å². The molecule has 0 aromatic carbocycles. The Bertz CT molecular complexity index is 516. The van der Waals surface area contributed by atoms with Gasteiger partial charge in [-0.25, -0.2) is 14.4 Å². The first kappa shape index (κ1) is 19.9. The molecule has 136 valence electrons. The Balaban J connectivity index is 3.27. The fraction of sp³-hybridized carbons (Fsp3) is 0.750. The molecule has 0 saturated heterocycles. The van der Waals surface area contributed by atoms with Crippen LogP contribution in [0.2, 0.25) is 0 Å². The van der Waals surface area contributed by atoms with Crippen LogP contribution in [0.1, 0.15) is 48.0 Å². The van der Waals surface area contributed by atoms with Crippen LogP contribution in [-0.2, 0) is 23.8 Å². The van der Waals surface area contributed by atoms with Gasteiger partial charge in [-0.05, 0) is 48.0 Å². The maximum Gasteiger partial charge on any atom is 0.420 e. The van der Waals surface area contributed by atoms with E-state index >= 15 is 0 Å². The lowest BCUT2D eigenvalue weighted by molar-refractivity contribution is -0.149. The van der Waals surface area contributed by atoms with Crippen molar-refractivity contribution < 1.29 is 33.4 Å². The first-order chi connectivity index (χ1) is 10.8. The van der Waals surface area contributed by atoms with E-state index in [1.807, 2.05) is 0 Å². The lowest BCUT2D eigenvalue weighted by Gasteiger charge is -2.32. The van der Waals surface area contributed by atoms with E-state index < -0.39 is 40.8 Å². The van der Waals surface area contributed by atoms with Gasteiger partial charge in [0, 0.05) is 0 Å². The molecular formula is C16H25NO7. The Kier molecular flexibility index (Phi) is 5.32. The summed E-state index contributed by atoms with van der Waals surface area (Å²) >= 11 is 0. The highest BCUT2D eigenvalue weighted by atomic mass is 16.6. The van der Waals surface area contributed by atoms with Crippen molar-refractivity contribution in [3.63, 3.8) is 0 Å². The second kappa shape index (κ2) is 6.41. The molecule has 0 unspecified atom stereocenters. The second-order valence-corrected chi connectivity index (χ2v) is 7.66. The number of nitrogens with zero attached hydrogens (tertiary/aromatic N) is 1. The molecule has 1 rings (SSSR count). The molecular weight excluding hydrogens is 318 g/mol. The average molecular weight is 343 g/mol. The van der Waals surface area contributed by atoms with E-state index in [9.17, 15) is 19.2 Å². The van der Waals surface area contributed by atoms with E-state index in [2.05, 4.69) is 0 Å². The van der Waals surface area contributed by atoms with Crippen LogP contribution in [0.4, 0.5) is 9.59 Å². The number of rotatable bonds is 3. The van der Waals surface area contributed by atoms with Gasteiger partial charge in [0.1, 0.15) is 17.5 Å². The third-order valence-electron chi connectivity index (χ3n) is 3.24. The van der Waals surface area contributed by atoms with Crippen molar-refractivity contribution >= 4 is 24.4 Å². The minimum absolute atomic E-state index is 0.0261. The predicted molar refractivity (Wildman–Crippen MR) is 83.2 cm³/mol. The molecule has 1 saturated carbocycles. The van der Waals surface area contributed by atoms with Crippen LogP contribution in [0.5, 0.6) is 0 Å². The van der Waals surface area contributed by atoms with Crippen molar-refractivity contribution in [3.05, 3.63) is 0 Å². The van der Waals surface area contributed by atoms with Gasteiger partial charge < -0.3 is 19.0 Å². The molecule has 1 aliphatic rings. The fourth-order valence-electron chi connectivity index (χ4n) is 2.21. The number of amides is 2. The summed E-state index contributed by atoms with van der Waals surface area (Å²) in [6, 6.07) is 0. The summed E-state index contributed by atoms with van der Waals surface area (Å²) in [6.07, 6.45) is -1.64. The average Bonchev–Trinajstić information content (AvgIpc) is 3.08. The van der Waals surface area contributed by atoms with Gasteiger partial charge in [0.05, 0.1) is 13.0 Å². The van der Waals surface area contributed by atoms with E-state index in [1.54, 1.807) is 41.5 Å². The zero-order chi connectivity index (χ0) is 18.9. The topological polar surface area (TPSA) is 99.2 Å². The molecule has 0 bridgehead atoms. The van der Waals surface area contributed by atoms with E-state index in [0.717, 1.165) is 7.11 Å². The Morgan fingerprint density at radius 3 is 1.67 bits per heavy atom. The number of ether oxygens (including phenoxy) is 3. The lowest BCUT2D eigenvalue weighted by Crippen LogP contribution is -2.55. The fourth-order valence-corrected chi connectivity index (χ4v) is 2.21. The van der Waals surface area contributed by atoms with Crippen molar-refractivity contribution in [2.24, 2.45) is 5.92 Å². The van der Waals surface area contributed by atoms with Gasteiger partial charge in [-0.1, -0.05) is 0 Å². The first-order valence-corrected chi connectivity index (χ1v) is 7.58. The summed E-state index contributed by atoms with van der Waals surface area (Å²) in [7, 11) is 1.12. The number of methoxy groups -OCH3 is 1. The Hall–Kier alpha value is -2.12. The molecule has 0 heterocycles. The highest BCUT2D eigenvalue weighted by Crippen LogP contribution is 2.49. The van der Waals surface area contributed by atoms with Gasteiger partial charge in [-0.3, -0.25) is 0 Å². The molecule has 1 aliphatic carbocycles. The smallest absolute Gasteiger partial charge is 0.420 e. The van der Waals surface area contributed by atoms with E-state index in [-0.39, 0.29) is 6.42 Å². The number of esters is 1. The minimum atomic E-state index is -1.72. The Morgan fingerprint density at radius 1 is 1.00 bits per heavy atom. The van der Waals surface area contributed by atoms with Gasteiger partial charge in [0.25, 0.3) is 0 Å². The summed E-state index contributed by atoms with van der Waals surface area (Å²) in [6.45, 7) is 9.71. The standard InChI is InChI=1S/C16H25NO7/c1-14(2,3)23-12(20)17(13(21)24-15(4,5)6)16(11(19)22-7)8-10(16)9-18/h9-10H,8H2,1-7H3/t10-,16+/m0/s1. The molecule has 1 fully saturated rings. The molecule has 0 aromatic rings. The number of carbonyl (C=O) groups is 4. The summed E-state index contributed by atoms with van der Waals surface area (Å²) in [4.78, 5) is 49.0. The number of hydrogen-bond acceptors (Lipinski definition) is 7. The van der Waals surface area contributed by atoms with E-state index in [4.69, 9.17) is 14.2 Å². The number of aldehydes is 1. The monoisotopic (exact) mass is 343 g/mol. The van der Waals surface area contributed by atoms with E-state index in [1.165, 1.54) is 0 Å². The van der Waals surface area contributed by atoms with Gasteiger partial charge >= 0.3 is 18.2 Å². The molecule has 8 nitrogen and oxygen atoms in total.